The summed E-state index contributed by atoms with van der Waals surface area (Å²) in [4.78, 5) is 14.2. The van der Waals surface area contributed by atoms with Crippen LogP contribution in [0.3, 0.4) is 0 Å². The van der Waals surface area contributed by atoms with Crippen molar-refractivity contribution in [2.45, 2.75) is 18.9 Å². The van der Waals surface area contributed by atoms with Crippen molar-refractivity contribution >= 4 is 21.8 Å². The molecule has 3 nitrogen and oxygen atoms in total. The number of halogens is 2. The summed E-state index contributed by atoms with van der Waals surface area (Å²) in [5, 5.41) is 3.45. The largest absolute Gasteiger partial charge is 0.337 e. The van der Waals surface area contributed by atoms with Crippen LogP contribution < -0.4 is 5.32 Å². The fraction of sp³-hybridized carbons (Fsp3) is 0.500. The molecule has 102 valence electrons. The number of carbonyl (C=O) groups is 1. The summed E-state index contributed by atoms with van der Waals surface area (Å²) in [5.74, 6) is -0.126. The van der Waals surface area contributed by atoms with Gasteiger partial charge in [-0.1, -0.05) is 15.9 Å². The van der Waals surface area contributed by atoms with Crippen molar-refractivity contribution in [3.05, 3.63) is 34.1 Å². The molecular weight excluding hydrogens is 311 g/mol. The number of piperidine rings is 1. The third kappa shape index (κ3) is 2.54. The highest BCUT2D eigenvalue weighted by atomic mass is 79.9. The van der Waals surface area contributed by atoms with Gasteiger partial charge >= 0.3 is 0 Å². The first-order chi connectivity index (χ1) is 9.15. The molecule has 2 saturated heterocycles. The fourth-order valence-corrected chi connectivity index (χ4v) is 3.41. The van der Waals surface area contributed by atoms with E-state index in [0.717, 1.165) is 30.4 Å². The second-order valence-corrected chi connectivity index (χ2v) is 6.21. The molecule has 0 aromatic heterocycles. The van der Waals surface area contributed by atoms with Crippen LogP contribution in [-0.2, 0) is 0 Å². The number of benzene rings is 1. The molecule has 1 N–H and O–H groups in total. The van der Waals surface area contributed by atoms with E-state index < -0.39 is 5.82 Å². The quantitative estimate of drug-likeness (QED) is 0.859. The average molecular weight is 327 g/mol. The van der Waals surface area contributed by atoms with E-state index in [9.17, 15) is 9.18 Å². The van der Waals surface area contributed by atoms with Gasteiger partial charge in [0.25, 0.3) is 5.91 Å². The molecule has 0 radical (unpaired) electrons. The first kappa shape index (κ1) is 13.1. The SMILES string of the molecule is O=C(c1cc(Br)ccc1F)N1C[C@@H]2CCCN[C@@H]2C1. The molecule has 5 heteroatoms. The standard InChI is InChI=1S/C14H16BrFN2O/c15-10-3-4-12(16)11(6-10)14(19)18-7-9-2-1-5-17-13(9)8-18/h3-4,6,9,13,17H,1-2,5,7-8H2/t9-,13+/m0/s1. The third-order valence-corrected chi connectivity index (χ3v) is 4.54. The lowest BCUT2D eigenvalue weighted by molar-refractivity contribution is 0.0781. The number of fused-ring (bicyclic) bond motifs is 1. The highest BCUT2D eigenvalue weighted by molar-refractivity contribution is 9.10. The molecule has 2 fully saturated rings. The Morgan fingerprint density at radius 2 is 2.26 bits per heavy atom. The van der Waals surface area contributed by atoms with Crippen LogP contribution in [0.4, 0.5) is 4.39 Å². The zero-order valence-corrected chi connectivity index (χ0v) is 12.1. The summed E-state index contributed by atoms with van der Waals surface area (Å²) in [5.41, 5.74) is 0.160. The highest BCUT2D eigenvalue weighted by Crippen LogP contribution is 2.27. The molecule has 0 spiro atoms. The number of nitrogens with zero attached hydrogens (tertiary/aromatic N) is 1. The number of hydrogen-bond donors (Lipinski definition) is 1. The maximum absolute atomic E-state index is 13.8. The predicted octanol–water partition coefficient (Wildman–Crippen LogP) is 2.41. The minimum absolute atomic E-state index is 0.160. The Balaban J connectivity index is 1.79. The van der Waals surface area contributed by atoms with Crippen LogP contribution in [-0.4, -0.2) is 36.5 Å². The molecule has 1 aromatic rings. The van der Waals surface area contributed by atoms with E-state index in [1.165, 1.54) is 6.07 Å². The van der Waals surface area contributed by atoms with Crippen LogP contribution in [0.15, 0.2) is 22.7 Å². The van der Waals surface area contributed by atoms with Crippen molar-refractivity contribution in [1.29, 1.82) is 0 Å². The second-order valence-electron chi connectivity index (χ2n) is 5.30. The Hall–Kier alpha value is -0.940. The normalized spacial score (nSPS) is 26.3. The van der Waals surface area contributed by atoms with E-state index in [1.54, 1.807) is 17.0 Å². The molecule has 0 saturated carbocycles. The van der Waals surface area contributed by atoms with Crippen molar-refractivity contribution < 1.29 is 9.18 Å². The van der Waals surface area contributed by atoms with Gasteiger partial charge in [-0.25, -0.2) is 4.39 Å². The van der Waals surface area contributed by atoms with Crippen LogP contribution in [0, 0.1) is 11.7 Å². The van der Waals surface area contributed by atoms with Gasteiger partial charge in [0.2, 0.25) is 0 Å². The van der Waals surface area contributed by atoms with E-state index in [4.69, 9.17) is 0 Å². The maximum Gasteiger partial charge on any atom is 0.256 e. The molecular formula is C14H16BrFN2O. The van der Waals surface area contributed by atoms with Crippen LogP contribution >= 0.6 is 15.9 Å². The molecule has 3 rings (SSSR count). The van der Waals surface area contributed by atoms with Crippen molar-refractivity contribution in [2.75, 3.05) is 19.6 Å². The fourth-order valence-electron chi connectivity index (χ4n) is 3.04. The molecule has 2 aliphatic rings. The summed E-state index contributed by atoms with van der Waals surface area (Å²) in [6.07, 6.45) is 2.32. The molecule has 1 aromatic carbocycles. The minimum Gasteiger partial charge on any atom is -0.337 e. The molecule has 0 unspecified atom stereocenters. The third-order valence-electron chi connectivity index (χ3n) is 4.05. The lowest BCUT2D eigenvalue weighted by Crippen LogP contribution is -2.41. The first-order valence-corrected chi connectivity index (χ1v) is 7.42. The summed E-state index contributed by atoms with van der Waals surface area (Å²) in [7, 11) is 0. The zero-order valence-electron chi connectivity index (χ0n) is 10.5. The zero-order chi connectivity index (χ0) is 13.4. The average Bonchev–Trinajstić information content (AvgIpc) is 2.84. The van der Waals surface area contributed by atoms with Crippen LogP contribution in [0.2, 0.25) is 0 Å². The predicted molar refractivity (Wildman–Crippen MR) is 74.5 cm³/mol. The van der Waals surface area contributed by atoms with Gasteiger partial charge in [0.1, 0.15) is 5.82 Å². The maximum atomic E-state index is 13.8. The van der Waals surface area contributed by atoms with E-state index in [2.05, 4.69) is 21.2 Å². The van der Waals surface area contributed by atoms with Gasteiger partial charge in [0, 0.05) is 23.6 Å². The smallest absolute Gasteiger partial charge is 0.256 e. The van der Waals surface area contributed by atoms with Crippen molar-refractivity contribution in [3.63, 3.8) is 0 Å². The number of likely N-dealkylation sites (tertiary alicyclic amines) is 1. The van der Waals surface area contributed by atoms with Gasteiger partial charge in [-0.05, 0) is 43.5 Å². The minimum atomic E-state index is -0.448. The summed E-state index contributed by atoms with van der Waals surface area (Å²) in [6.45, 7) is 2.45. The topological polar surface area (TPSA) is 32.3 Å². The molecule has 1 amide bonds. The molecule has 2 atom stereocenters. The van der Waals surface area contributed by atoms with Crippen molar-refractivity contribution in [2.24, 2.45) is 5.92 Å². The Morgan fingerprint density at radius 1 is 1.42 bits per heavy atom. The number of rotatable bonds is 1. The van der Waals surface area contributed by atoms with Crippen molar-refractivity contribution in [1.82, 2.24) is 10.2 Å². The van der Waals surface area contributed by atoms with Gasteiger partial charge in [-0.3, -0.25) is 4.79 Å². The van der Waals surface area contributed by atoms with Gasteiger partial charge in [-0.2, -0.15) is 0 Å². The first-order valence-electron chi connectivity index (χ1n) is 6.63. The molecule has 2 aliphatic heterocycles. The summed E-state index contributed by atoms with van der Waals surface area (Å²) >= 11 is 3.28. The Kier molecular flexibility index (Phi) is 3.58. The lowest BCUT2D eigenvalue weighted by Gasteiger charge is -2.24. The van der Waals surface area contributed by atoms with E-state index in [-0.39, 0.29) is 11.5 Å². The molecule has 19 heavy (non-hydrogen) atoms. The lowest BCUT2D eigenvalue weighted by atomic mass is 9.94. The summed E-state index contributed by atoms with van der Waals surface area (Å²) in [6, 6.07) is 4.89. The monoisotopic (exact) mass is 326 g/mol. The van der Waals surface area contributed by atoms with E-state index in [1.807, 2.05) is 0 Å². The number of amides is 1. The Labute approximate surface area is 120 Å². The van der Waals surface area contributed by atoms with Crippen LogP contribution in [0.1, 0.15) is 23.2 Å². The highest BCUT2D eigenvalue weighted by Gasteiger charge is 2.37. The van der Waals surface area contributed by atoms with Crippen LogP contribution in [0.25, 0.3) is 0 Å². The Morgan fingerprint density at radius 3 is 3.05 bits per heavy atom. The van der Waals surface area contributed by atoms with E-state index in [0.29, 0.717) is 18.5 Å². The number of hydrogen-bond acceptors (Lipinski definition) is 2. The molecule has 0 bridgehead atoms. The molecule has 2 heterocycles. The van der Waals surface area contributed by atoms with E-state index >= 15 is 0 Å². The number of nitrogens with one attached hydrogen (secondary N) is 1. The van der Waals surface area contributed by atoms with Gasteiger partial charge in [-0.15, -0.1) is 0 Å². The van der Waals surface area contributed by atoms with Crippen molar-refractivity contribution in [3.8, 4) is 0 Å². The Bertz CT molecular complexity index is 494. The second kappa shape index (κ2) is 5.21. The molecule has 0 aliphatic carbocycles. The van der Waals surface area contributed by atoms with Gasteiger partial charge in [0.05, 0.1) is 5.56 Å². The van der Waals surface area contributed by atoms with Gasteiger partial charge in [0.15, 0.2) is 0 Å². The van der Waals surface area contributed by atoms with Gasteiger partial charge < -0.3 is 10.2 Å². The van der Waals surface area contributed by atoms with Crippen LogP contribution in [0.5, 0.6) is 0 Å². The number of carbonyl (C=O) groups excluding carboxylic acids is 1. The summed E-state index contributed by atoms with van der Waals surface area (Å²) < 4.78 is 14.5.